The summed E-state index contributed by atoms with van der Waals surface area (Å²) in [6, 6.07) is 8.99. The third-order valence-electron chi connectivity index (χ3n) is 6.28. The molecular formula is C25H20BrF4N5O2. The van der Waals surface area contributed by atoms with E-state index in [1.54, 1.807) is 10.6 Å². The molecule has 1 atom stereocenters. The maximum absolute atomic E-state index is 15.0. The number of fused-ring (bicyclic) bond motifs is 1. The van der Waals surface area contributed by atoms with Gasteiger partial charge >= 0.3 is 12.1 Å². The standard InChI is InChI=1S/C25H20BrF4N5O2/c1-12(14-4-5-14)31-20-19-21(33-22(32-20)24(36)37)34-23(17-9-8-16(26)10-18(17)27)35(19)11-13-2-6-15(7-3-13)25(28,29)30/h2-3,6-10,12,14H,4-5,11H2,1H3,(H,36,37)(H,31,32,33). The summed E-state index contributed by atoms with van der Waals surface area (Å²) in [6.45, 7) is 1.97. The van der Waals surface area contributed by atoms with Crippen LogP contribution in [0, 0.1) is 11.7 Å². The maximum atomic E-state index is 15.0. The van der Waals surface area contributed by atoms with Crippen LogP contribution in [-0.2, 0) is 12.7 Å². The summed E-state index contributed by atoms with van der Waals surface area (Å²) in [4.78, 5) is 24.5. The second-order valence-corrected chi connectivity index (χ2v) is 9.90. The van der Waals surface area contributed by atoms with Crippen LogP contribution in [0.15, 0.2) is 46.9 Å². The second-order valence-electron chi connectivity index (χ2n) is 8.98. The van der Waals surface area contributed by atoms with Gasteiger partial charge in [-0.3, -0.25) is 0 Å². The van der Waals surface area contributed by atoms with Gasteiger partial charge in [-0.1, -0.05) is 28.1 Å². The first-order valence-corrected chi connectivity index (χ1v) is 12.2. The van der Waals surface area contributed by atoms with Gasteiger partial charge in [0.25, 0.3) is 0 Å². The van der Waals surface area contributed by atoms with Crippen LogP contribution in [0.2, 0.25) is 0 Å². The quantitative estimate of drug-likeness (QED) is 0.248. The Balaban J connectivity index is 1.71. The van der Waals surface area contributed by atoms with Crippen molar-refractivity contribution in [1.29, 1.82) is 0 Å². The third kappa shape index (κ3) is 5.15. The van der Waals surface area contributed by atoms with E-state index in [0.29, 0.717) is 21.5 Å². The summed E-state index contributed by atoms with van der Waals surface area (Å²) >= 11 is 3.23. The van der Waals surface area contributed by atoms with E-state index in [-0.39, 0.29) is 35.4 Å². The number of alkyl halides is 3. The highest BCUT2D eigenvalue weighted by molar-refractivity contribution is 9.10. The molecule has 5 rings (SSSR count). The molecule has 1 aliphatic rings. The molecule has 2 aromatic carbocycles. The van der Waals surface area contributed by atoms with Gasteiger partial charge in [0.2, 0.25) is 5.82 Å². The number of carboxylic acid groups (broad SMARTS) is 1. The van der Waals surface area contributed by atoms with Crippen LogP contribution in [0.5, 0.6) is 0 Å². The van der Waals surface area contributed by atoms with Crippen molar-refractivity contribution in [3.63, 3.8) is 0 Å². The van der Waals surface area contributed by atoms with Gasteiger partial charge in [0.05, 0.1) is 11.1 Å². The van der Waals surface area contributed by atoms with Crippen LogP contribution in [-0.4, -0.2) is 36.6 Å². The van der Waals surface area contributed by atoms with Crippen molar-refractivity contribution in [2.24, 2.45) is 5.92 Å². The highest BCUT2D eigenvalue weighted by Crippen LogP contribution is 2.36. The van der Waals surface area contributed by atoms with E-state index in [1.807, 2.05) is 6.92 Å². The molecule has 0 radical (unpaired) electrons. The summed E-state index contributed by atoms with van der Waals surface area (Å²) in [5.74, 6) is -1.67. The minimum absolute atomic E-state index is 0.0156. The first kappa shape index (κ1) is 25.1. The highest BCUT2D eigenvalue weighted by Gasteiger charge is 2.31. The molecular weight excluding hydrogens is 558 g/mol. The smallest absolute Gasteiger partial charge is 0.416 e. The van der Waals surface area contributed by atoms with Crippen molar-refractivity contribution in [2.45, 2.75) is 38.5 Å². The Kier molecular flexibility index (Phi) is 6.38. The number of aromatic nitrogens is 4. The number of hydrogen-bond acceptors (Lipinski definition) is 5. The van der Waals surface area contributed by atoms with Crippen molar-refractivity contribution in [3.8, 4) is 11.4 Å². The Labute approximate surface area is 216 Å². The molecule has 192 valence electrons. The monoisotopic (exact) mass is 577 g/mol. The summed E-state index contributed by atoms with van der Waals surface area (Å²) in [7, 11) is 0. The zero-order valence-electron chi connectivity index (χ0n) is 19.4. The Hall–Kier alpha value is -3.54. The number of rotatable bonds is 7. The minimum atomic E-state index is -4.48. The fourth-order valence-electron chi connectivity index (χ4n) is 4.17. The number of imidazole rings is 1. The van der Waals surface area contributed by atoms with Crippen molar-refractivity contribution in [2.75, 3.05) is 5.32 Å². The number of aromatic carboxylic acids is 1. The predicted molar refractivity (Wildman–Crippen MR) is 132 cm³/mol. The summed E-state index contributed by atoms with van der Waals surface area (Å²) < 4.78 is 56.4. The zero-order chi connectivity index (χ0) is 26.5. The molecule has 0 saturated heterocycles. The normalized spacial score (nSPS) is 14.6. The number of carboxylic acids is 1. The Morgan fingerprint density at radius 2 is 1.86 bits per heavy atom. The molecule has 2 N–H and O–H groups in total. The van der Waals surface area contributed by atoms with Crippen LogP contribution in [0.4, 0.5) is 23.4 Å². The minimum Gasteiger partial charge on any atom is -0.475 e. The molecule has 12 heteroatoms. The maximum Gasteiger partial charge on any atom is 0.416 e. The van der Waals surface area contributed by atoms with E-state index in [2.05, 4.69) is 36.2 Å². The Bertz CT molecular complexity index is 1500. The SMILES string of the molecule is CC(Nc1nc(C(=O)O)nc2nc(-c3ccc(Br)cc3F)n(Cc3ccc(C(F)(F)F)cc3)c12)C1CC1. The lowest BCUT2D eigenvalue weighted by molar-refractivity contribution is -0.137. The Morgan fingerprint density at radius 1 is 1.16 bits per heavy atom. The number of hydrogen-bond donors (Lipinski definition) is 2. The molecule has 1 aliphatic carbocycles. The van der Waals surface area contributed by atoms with E-state index in [4.69, 9.17) is 0 Å². The molecule has 0 aliphatic heterocycles. The number of halogens is 5. The Morgan fingerprint density at radius 3 is 2.46 bits per heavy atom. The average Bonchev–Trinajstić information content (AvgIpc) is 3.62. The van der Waals surface area contributed by atoms with Gasteiger partial charge < -0.3 is 15.0 Å². The molecule has 37 heavy (non-hydrogen) atoms. The van der Waals surface area contributed by atoms with Gasteiger partial charge in [-0.25, -0.2) is 24.1 Å². The molecule has 1 fully saturated rings. The van der Waals surface area contributed by atoms with E-state index in [9.17, 15) is 23.1 Å². The molecule has 0 amide bonds. The fourth-order valence-corrected chi connectivity index (χ4v) is 4.51. The summed E-state index contributed by atoms with van der Waals surface area (Å²) in [5.41, 5.74) is 0.179. The third-order valence-corrected chi connectivity index (χ3v) is 6.78. The lowest BCUT2D eigenvalue weighted by Crippen LogP contribution is -2.20. The topological polar surface area (TPSA) is 92.9 Å². The van der Waals surface area contributed by atoms with E-state index < -0.39 is 29.4 Å². The molecule has 0 spiro atoms. The van der Waals surface area contributed by atoms with Gasteiger partial charge in [0.1, 0.15) is 17.2 Å². The summed E-state index contributed by atoms with van der Waals surface area (Å²) in [5, 5.41) is 12.8. The number of carbonyl (C=O) groups is 1. The van der Waals surface area contributed by atoms with Crippen LogP contribution < -0.4 is 5.32 Å². The molecule has 2 aromatic heterocycles. The van der Waals surface area contributed by atoms with Gasteiger partial charge in [-0.05, 0) is 61.6 Å². The van der Waals surface area contributed by atoms with Gasteiger partial charge in [0, 0.05) is 17.1 Å². The fraction of sp³-hybridized carbons (Fsp3) is 0.280. The molecule has 1 saturated carbocycles. The van der Waals surface area contributed by atoms with Crippen LogP contribution in [0.1, 0.15) is 41.5 Å². The van der Waals surface area contributed by atoms with E-state index in [1.165, 1.54) is 24.3 Å². The number of benzene rings is 2. The van der Waals surface area contributed by atoms with E-state index >= 15 is 4.39 Å². The van der Waals surface area contributed by atoms with Crippen molar-refractivity contribution >= 4 is 38.9 Å². The van der Waals surface area contributed by atoms with Gasteiger partial charge in [-0.15, -0.1) is 0 Å². The highest BCUT2D eigenvalue weighted by atomic mass is 79.9. The molecule has 0 bridgehead atoms. The first-order valence-electron chi connectivity index (χ1n) is 11.4. The zero-order valence-corrected chi connectivity index (χ0v) is 20.9. The van der Waals surface area contributed by atoms with Crippen LogP contribution in [0.3, 0.4) is 0 Å². The molecule has 1 unspecified atom stereocenters. The second kappa shape index (κ2) is 9.40. The lowest BCUT2D eigenvalue weighted by Gasteiger charge is -2.17. The number of anilines is 1. The van der Waals surface area contributed by atoms with E-state index in [0.717, 1.165) is 25.0 Å². The number of nitrogens with zero attached hydrogens (tertiary/aromatic N) is 4. The molecule has 7 nitrogen and oxygen atoms in total. The van der Waals surface area contributed by atoms with Crippen LogP contribution in [0.25, 0.3) is 22.6 Å². The first-order chi connectivity index (χ1) is 17.5. The molecule has 4 aromatic rings. The average molecular weight is 578 g/mol. The van der Waals surface area contributed by atoms with Crippen LogP contribution >= 0.6 is 15.9 Å². The van der Waals surface area contributed by atoms with Crippen molar-refractivity contribution < 1.29 is 27.5 Å². The van der Waals surface area contributed by atoms with Gasteiger partial charge in [0.15, 0.2) is 11.5 Å². The predicted octanol–water partition coefficient (Wildman–Crippen LogP) is 6.37. The number of nitrogens with one attached hydrogen (secondary N) is 1. The van der Waals surface area contributed by atoms with Crippen molar-refractivity contribution in [1.82, 2.24) is 19.5 Å². The molecule has 2 heterocycles. The summed E-state index contributed by atoms with van der Waals surface area (Å²) in [6.07, 6.45) is -2.44. The largest absolute Gasteiger partial charge is 0.475 e. The van der Waals surface area contributed by atoms with Gasteiger partial charge in [-0.2, -0.15) is 13.2 Å². The van der Waals surface area contributed by atoms with Crippen molar-refractivity contribution in [3.05, 3.63) is 69.7 Å². The lowest BCUT2D eigenvalue weighted by atomic mass is 10.1.